The first-order chi connectivity index (χ1) is 15.6. The van der Waals surface area contributed by atoms with E-state index < -0.39 is 5.95 Å². The number of methoxy groups -OCH3 is 2. The second-order valence-corrected chi connectivity index (χ2v) is 7.18. The molecule has 0 unspecified atom stereocenters. The summed E-state index contributed by atoms with van der Waals surface area (Å²) in [4.78, 5) is 12.8. The molecule has 7 nitrogen and oxygen atoms in total. The van der Waals surface area contributed by atoms with Crippen molar-refractivity contribution in [1.29, 1.82) is 0 Å². The number of rotatable bonds is 8. The summed E-state index contributed by atoms with van der Waals surface area (Å²) in [7, 11) is 3.20. The molecule has 0 saturated heterocycles. The van der Waals surface area contributed by atoms with Gasteiger partial charge in [-0.15, -0.1) is 0 Å². The summed E-state index contributed by atoms with van der Waals surface area (Å²) in [6.45, 7) is 2.63. The fraction of sp³-hybridized carbons (Fsp3) is 0.208. The number of hydrogen-bond acceptors (Lipinski definition) is 6. The van der Waals surface area contributed by atoms with E-state index in [0.29, 0.717) is 35.2 Å². The summed E-state index contributed by atoms with van der Waals surface area (Å²) in [5, 5.41) is 0. The Hall–Kier alpha value is -3.78. The Morgan fingerprint density at radius 1 is 1.00 bits per heavy atom. The van der Waals surface area contributed by atoms with Crippen molar-refractivity contribution in [3.63, 3.8) is 0 Å². The van der Waals surface area contributed by atoms with Crippen LogP contribution in [0.4, 0.5) is 4.39 Å². The first-order valence-corrected chi connectivity index (χ1v) is 9.98. The van der Waals surface area contributed by atoms with Crippen molar-refractivity contribution in [2.45, 2.75) is 20.3 Å². The quantitative estimate of drug-likeness (QED) is 0.376. The number of ether oxygens (including phenoxy) is 3. The van der Waals surface area contributed by atoms with Gasteiger partial charge >= 0.3 is 0 Å². The Kier molecular flexibility index (Phi) is 6.42. The van der Waals surface area contributed by atoms with E-state index in [1.54, 1.807) is 20.3 Å². The van der Waals surface area contributed by atoms with E-state index in [-0.39, 0.29) is 6.73 Å². The molecule has 164 valence electrons. The summed E-state index contributed by atoms with van der Waals surface area (Å²) >= 11 is 0. The molecule has 0 N–H and O–H groups in total. The Balaban J connectivity index is 1.61. The molecule has 0 radical (unpaired) electrons. The highest BCUT2D eigenvalue weighted by atomic mass is 19.1. The molecule has 32 heavy (non-hydrogen) atoms. The van der Waals surface area contributed by atoms with Crippen LogP contribution in [0.1, 0.15) is 11.3 Å². The minimum Gasteiger partial charge on any atom is -0.496 e. The number of halogens is 1. The molecule has 3 aromatic heterocycles. The van der Waals surface area contributed by atoms with Crippen LogP contribution in [-0.2, 0) is 18.1 Å². The van der Waals surface area contributed by atoms with Crippen LogP contribution in [0.2, 0.25) is 0 Å². The van der Waals surface area contributed by atoms with Gasteiger partial charge in [-0.1, -0.05) is 6.07 Å². The molecule has 0 fully saturated rings. The van der Waals surface area contributed by atoms with Gasteiger partial charge < -0.3 is 18.8 Å². The Bertz CT molecular complexity index is 1190. The number of aromatic nitrogens is 4. The van der Waals surface area contributed by atoms with E-state index in [2.05, 4.69) is 9.97 Å². The van der Waals surface area contributed by atoms with Gasteiger partial charge in [0.05, 0.1) is 18.5 Å². The van der Waals surface area contributed by atoms with E-state index in [0.717, 1.165) is 16.8 Å². The molecular weight excluding hydrogens is 411 g/mol. The second kappa shape index (κ2) is 9.57. The van der Waals surface area contributed by atoms with Gasteiger partial charge in [-0.3, -0.25) is 4.98 Å². The lowest BCUT2D eigenvalue weighted by Gasteiger charge is -2.10. The third-order valence-corrected chi connectivity index (χ3v) is 4.84. The van der Waals surface area contributed by atoms with Gasteiger partial charge in [0.25, 0.3) is 0 Å². The van der Waals surface area contributed by atoms with E-state index >= 15 is 0 Å². The largest absolute Gasteiger partial charge is 0.496 e. The smallest absolute Gasteiger partial charge is 0.212 e. The van der Waals surface area contributed by atoms with Crippen LogP contribution in [0.15, 0.2) is 61.1 Å². The summed E-state index contributed by atoms with van der Waals surface area (Å²) in [5.41, 5.74) is 4.10. The van der Waals surface area contributed by atoms with Gasteiger partial charge in [0.2, 0.25) is 5.95 Å². The molecule has 1 aromatic carbocycles. The van der Waals surface area contributed by atoms with Crippen LogP contribution in [0.5, 0.6) is 11.5 Å². The SMILES string of the molecule is COCn1cc(-c2ccc(OCc3ccc(C)cn3)cc2OC)nc1-c1ccc(F)nc1. The number of pyridine rings is 2. The van der Waals surface area contributed by atoms with Crippen LogP contribution >= 0.6 is 0 Å². The third kappa shape index (κ3) is 4.76. The van der Waals surface area contributed by atoms with E-state index in [4.69, 9.17) is 19.2 Å². The molecule has 0 spiro atoms. The molecule has 0 aliphatic heterocycles. The molecule has 0 bridgehead atoms. The van der Waals surface area contributed by atoms with Crippen LogP contribution in [-0.4, -0.2) is 33.7 Å². The Labute approximate surface area is 185 Å². The molecule has 0 aliphatic carbocycles. The van der Waals surface area contributed by atoms with Crippen LogP contribution < -0.4 is 9.47 Å². The van der Waals surface area contributed by atoms with E-state index in [1.165, 1.54) is 12.3 Å². The average Bonchev–Trinajstić information content (AvgIpc) is 3.23. The standard InChI is InChI=1S/C24H23FN4O3/c1-16-4-6-18(26-11-16)14-32-19-7-8-20(22(10-19)31-3)21-13-29(15-30-2)24(28-21)17-5-9-23(25)27-12-17/h4-13H,14-15H2,1-3H3. The lowest BCUT2D eigenvalue weighted by molar-refractivity contribution is 0.132. The zero-order chi connectivity index (χ0) is 22.5. The first kappa shape index (κ1) is 21.5. The second-order valence-electron chi connectivity index (χ2n) is 7.18. The lowest BCUT2D eigenvalue weighted by Crippen LogP contribution is -2.01. The molecule has 0 saturated carbocycles. The molecule has 0 atom stereocenters. The van der Waals surface area contributed by atoms with Gasteiger partial charge in [0.15, 0.2) is 0 Å². The van der Waals surface area contributed by atoms with Crippen LogP contribution in [0.25, 0.3) is 22.6 Å². The zero-order valence-electron chi connectivity index (χ0n) is 18.1. The van der Waals surface area contributed by atoms with Crippen molar-refractivity contribution in [2.24, 2.45) is 0 Å². The van der Waals surface area contributed by atoms with Crippen molar-refractivity contribution >= 4 is 0 Å². The maximum absolute atomic E-state index is 13.3. The summed E-state index contributed by atoms with van der Waals surface area (Å²) < 4.78 is 31.9. The van der Waals surface area contributed by atoms with Crippen molar-refractivity contribution < 1.29 is 18.6 Å². The number of hydrogen-bond donors (Lipinski definition) is 0. The van der Waals surface area contributed by atoms with Crippen LogP contribution in [0, 0.1) is 12.9 Å². The molecule has 0 amide bonds. The minimum absolute atomic E-state index is 0.284. The van der Waals surface area contributed by atoms with E-state index in [9.17, 15) is 4.39 Å². The third-order valence-electron chi connectivity index (χ3n) is 4.84. The predicted molar refractivity (Wildman–Crippen MR) is 118 cm³/mol. The van der Waals surface area contributed by atoms with Crippen molar-refractivity contribution in [1.82, 2.24) is 19.5 Å². The van der Waals surface area contributed by atoms with Gasteiger partial charge in [0.1, 0.15) is 30.7 Å². The van der Waals surface area contributed by atoms with Gasteiger partial charge in [-0.2, -0.15) is 4.39 Å². The Morgan fingerprint density at radius 2 is 1.88 bits per heavy atom. The van der Waals surface area contributed by atoms with Gasteiger partial charge in [0, 0.05) is 42.9 Å². The highest BCUT2D eigenvalue weighted by molar-refractivity contribution is 5.71. The average molecular weight is 434 g/mol. The fourth-order valence-corrected chi connectivity index (χ4v) is 3.24. The monoisotopic (exact) mass is 434 g/mol. The number of benzene rings is 1. The van der Waals surface area contributed by atoms with Gasteiger partial charge in [-0.05, 0) is 42.8 Å². The van der Waals surface area contributed by atoms with Crippen molar-refractivity contribution in [3.8, 4) is 34.1 Å². The van der Waals surface area contributed by atoms with E-state index in [1.807, 2.05) is 54.2 Å². The number of nitrogens with zero attached hydrogens (tertiary/aromatic N) is 4. The Morgan fingerprint density at radius 3 is 2.56 bits per heavy atom. The minimum atomic E-state index is -0.545. The molecule has 8 heteroatoms. The predicted octanol–water partition coefficient (Wildman–Crippen LogP) is 4.65. The molecule has 0 aliphatic rings. The normalized spacial score (nSPS) is 10.9. The number of aryl methyl sites for hydroxylation is 1. The molecule has 4 aromatic rings. The van der Waals surface area contributed by atoms with Crippen molar-refractivity contribution in [2.75, 3.05) is 14.2 Å². The highest BCUT2D eigenvalue weighted by Gasteiger charge is 2.16. The zero-order valence-corrected chi connectivity index (χ0v) is 18.1. The summed E-state index contributed by atoms with van der Waals surface area (Å²) in [6, 6.07) is 12.4. The summed E-state index contributed by atoms with van der Waals surface area (Å²) in [5.74, 6) is 1.34. The maximum atomic E-state index is 13.3. The molecule has 4 rings (SSSR count). The maximum Gasteiger partial charge on any atom is 0.212 e. The molecule has 3 heterocycles. The first-order valence-electron chi connectivity index (χ1n) is 9.98. The van der Waals surface area contributed by atoms with Crippen LogP contribution in [0.3, 0.4) is 0 Å². The topological polar surface area (TPSA) is 71.3 Å². The molecular formula is C24H23FN4O3. The lowest BCUT2D eigenvalue weighted by atomic mass is 10.1. The fourth-order valence-electron chi connectivity index (χ4n) is 3.24. The number of imidazole rings is 1. The van der Waals surface area contributed by atoms with Gasteiger partial charge in [-0.25, -0.2) is 9.97 Å². The highest BCUT2D eigenvalue weighted by Crippen LogP contribution is 2.34. The van der Waals surface area contributed by atoms with Crippen molar-refractivity contribution in [3.05, 3.63) is 78.3 Å². The summed E-state index contributed by atoms with van der Waals surface area (Å²) in [6.07, 6.45) is 5.12.